The van der Waals surface area contributed by atoms with Crippen molar-refractivity contribution in [3.63, 3.8) is 0 Å². The summed E-state index contributed by atoms with van der Waals surface area (Å²) < 4.78 is 22.7. The molecule has 136 valence electrons. The molecule has 0 bridgehead atoms. The molecule has 0 spiro atoms. The summed E-state index contributed by atoms with van der Waals surface area (Å²) in [6.45, 7) is 9.99. The zero-order chi connectivity index (χ0) is 18.1. The number of hydrogen-bond donors (Lipinski definition) is 1. The predicted molar refractivity (Wildman–Crippen MR) is 94.6 cm³/mol. The standard InChI is InChI=1S/C18H26BNO5/c1-17(2)18(3,4)25-19(24-17)14-7-5-13(6-8-14)11-15(21)23-16-12-20-9-10-22-16/h5-8,16,20H,9-12H2,1-4H3. The van der Waals surface area contributed by atoms with E-state index < -0.39 is 13.4 Å². The highest BCUT2D eigenvalue weighted by atomic mass is 16.7. The average molecular weight is 347 g/mol. The van der Waals surface area contributed by atoms with Crippen LogP contribution in [0.3, 0.4) is 0 Å². The number of esters is 1. The molecule has 2 aliphatic heterocycles. The quantitative estimate of drug-likeness (QED) is 0.648. The van der Waals surface area contributed by atoms with Crippen LogP contribution >= 0.6 is 0 Å². The Labute approximate surface area is 149 Å². The fourth-order valence-corrected chi connectivity index (χ4v) is 2.74. The van der Waals surface area contributed by atoms with Crippen molar-refractivity contribution in [3.05, 3.63) is 29.8 Å². The van der Waals surface area contributed by atoms with Gasteiger partial charge < -0.3 is 24.1 Å². The van der Waals surface area contributed by atoms with E-state index in [0.29, 0.717) is 13.2 Å². The number of carbonyl (C=O) groups is 1. The van der Waals surface area contributed by atoms with Crippen molar-refractivity contribution in [2.45, 2.75) is 51.6 Å². The van der Waals surface area contributed by atoms with E-state index in [1.807, 2.05) is 52.0 Å². The molecule has 0 radical (unpaired) electrons. The Morgan fingerprint density at radius 1 is 1.20 bits per heavy atom. The first-order valence-corrected chi connectivity index (χ1v) is 8.73. The Kier molecular flexibility index (Phi) is 5.20. The maximum absolute atomic E-state index is 12.0. The second-order valence-corrected chi connectivity index (χ2v) is 7.50. The van der Waals surface area contributed by atoms with Gasteiger partial charge in [0.05, 0.1) is 30.8 Å². The average Bonchev–Trinajstić information content (AvgIpc) is 2.77. The Morgan fingerprint density at radius 2 is 1.84 bits per heavy atom. The van der Waals surface area contributed by atoms with Gasteiger partial charge in [0.25, 0.3) is 0 Å². The van der Waals surface area contributed by atoms with Crippen molar-refractivity contribution >= 4 is 18.6 Å². The minimum atomic E-state index is -0.495. The number of carbonyl (C=O) groups excluding carboxylic acids is 1. The first-order chi connectivity index (χ1) is 11.8. The molecule has 1 N–H and O–H groups in total. The van der Waals surface area contributed by atoms with Gasteiger partial charge in [0.2, 0.25) is 6.29 Å². The van der Waals surface area contributed by atoms with Crippen LogP contribution in [0.2, 0.25) is 0 Å². The van der Waals surface area contributed by atoms with Crippen LogP contribution in [0, 0.1) is 0 Å². The van der Waals surface area contributed by atoms with E-state index in [1.165, 1.54) is 0 Å². The van der Waals surface area contributed by atoms with E-state index in [1.54, 1.807) is 0 Å². The van der Waals surface area contributed by atoms with Gasteiger partial charge in [0.1, 0.15) is 0 Å². The molecule has 1 aromatic rings. The molecule has 2 aliphatic rings. The number of benzene rings is 1. The van der Waals surface area contributed by atoms with Crippen molar-refractivity contribution in [1.29, 1.82) is 0 Å². The molecule has 1 atom stereocenters. The molecule has 0 saturated carbocycles. The SMILES string of the molecule is CC1(C)OB(c2ccc(CC(=O)OC3CNCCO3)cc2)OC1(C)C. The van der Waals surface area contributed by atoms with Crippen molar-refractivity contribution in [2.75, 3.05) is 19.7 Å². The van der Waals surface area contributed by atoms with Gasteiger partial charge in [-0.05, 0) is 38.7 Å². The number of morpholine rings is 1. The molecule has 6 nitrogen and oxygen atoms in total. The molecule has 2 saturated heterocycles. The lowest BCUT2D eigenvalue weighted by Crippen LogP contribution is -2.41. The van der Waals surface area contributed by atoms with Gasteiger partial charge in [-0.15, -0.1) is 0 Å². The van der Waals surface area contributed by atoms with Crippen LogP contribution in [0.15, 0.2) is 24.3 Å². The molecular weight excluding hydrogens is 321 g/mol. The lowest BCUT2D eigenvalue weighted by molar-refractivity contribution is -0.181. The van der Waals surface area contributed by atoms with Crippen LogP contribution in [-0.4, -0.2) is 50.3 Å². The summed E-state index contributed by atoms with van der Waals surface area (Å²) in [4.78, 5) is 12.0. The number of ether oxygens (including phenoxy) is 2. The largest absolute Gasteiger partial charge is 0.494 e. The minimum absolute atomic E-state index is 0.212. The van der Waals surface area contributed by atoms with Crippen molar-refractivity contribution in [2.24, 2.45) is 0 Å². The monoisotopic (exact) mass is 347 g/mol. The van der Waals surface area contributed by atoms with E-state index in [2.05, 4.69) is 5.32 Å². The van der Waals surface area contributed by atoms with Crippen LogP contribution in [0.1, 0.15) is 33.3 Å². The Bertz CT molecular complexity index is 594. The van der Waals surface area contributed by atoms with Gasteiger partial charge in [-0.3, -0.25) is 4.79 Å². The molecule has 2 fully saturated rings. The molecule has 1 unspecified atom stereocenters. The van der Waals surface area contributed by atoms with Crippen LogP contribution in [0.4, 0.5) is 0 Å². The minimum Gasteiger partial charge on any atom is -0.434 e. The molecule has 2 heterocycles. The van der Waals surface area contributed by atoms with Crippen LogP contribution in [-0.2, 0) is 30.0 Å². The Hall–Kier alpha value is -1.41. The molecule has 0 aromatic heterocycles. The Balaban J connectivity index is 1.56. The highest BCUT2D eigenvalue weighted by Gasteiger charge is 2.51. The van der Waals surface area contributed by atoms with Gasteiger partial charge in [0.15, 0.2) is 0 Å². The van der Waals surface area contributed by atoms with E-state index in [9.17, 15) is 4.79 Å². The molecule has 0 aliphatic carbocycles. The maximum atomic E-state index is 12.0. The summed E-state index contributed by atoms with van der Waals surface area (Å²) in [5.41, 5.74) is 1.09. The zero-order valence-corrected chi connectivity index (χ0v) is 15.3. The van der Waals surface area contributed by atoms with E-state index >= 15 is 0 Å². The van der Waals surface area contributed by atoms with Crippen LogP contribution in [0.5, 0.6) is 0 Å². The van der Waals surface area contributed by atoms with Crippen molar-refractivity contribution < 1.29 is 23.6 Å². The third-order valence-corrected chi connectivity index (χ3v) is 5.01. The second-order valence-electron chi connectivity index (χ2n) is 7.50. The molecule has 1 aromatic carbocycles. The smallest absolute Gasteiger partial charge is 0.434 e. The van der Waals surface area contributed by atoms with E-state index in [-0.39, 0.29) is 23.6 Å². The van der Waals surface area contributed by atoms with Crippen molar-refractivity contribution in [3.8, 4) is 0 Å². The fourth-order valence-electron chi connectivity index (χ4n) is 2.74. The van der Waals surface area contributed by atoms with E-state index in [0.717, 1.165) is 17.6 Å². The number of rotatable bonds is 4. The summed E-state index contributed by atoms with van der Waals surface area (Å²) in [6, 6.07) is 7.68. The molecule has 25 heavy (non-hydrogen) atoms. The fraction of sp³-hybridized carbons (Fsp3) is 0.611. The third-order valence-electron chi connectivity index (χ3n) is 5.01. The first-order valence-electron chi connectivity index (χ1n) is 8.73. The zero-order valence-electron chi connectivity index (χ0n) is 15.3. The van der Waals surface area contributed by atoms with Crippen molar-refractivity contribution in [1.82, 2.24) is 5.32 Å². The highest BCUT2D eigenvalue weighted by Crippen LogP contribution is 2.36. The lowest BCUT2D eigenvalue weighted by Gasteiger charge is -2.32. The summed E-state index contributed by atoms with van der Waals surface area (Å²) in [5, 5.41) is 3.13. The second kappa shape index (κ2) is 7.07. The van der Waals surface area contributed by atoms with E-state index in [4.69, 9.17) is 18.8 Å². The van der Waals surface area contributed by atoms with Crippen LogP contribution < -0.4 is 10.8 Å². The first kappa shape index (κ1) is 18.4. The predicted octanol–water partition coefficient (Wildman–Crippen LogP) is 1.02. The summed E-state index contributed by atoms with van der Waals surface area (Å²) in [5.74, 6) is -0.294. The van der Waals surface area contributed by atoms with Gasteiger partial charge in [-0.25, -0.2) is 0 Å². The molecule has 0 amide bonds. The molecule has 3 rings (SSSR count). The van der Waals surface area contributed by atoms with Gasteiger partial charge >= 0.3 is 13.1 Å². The normalized spacial score (nSPS) is 25.0. The topological polar surface area (TPSA) is 66.0 Å². The number of hydrogen-bond acceptors (Lipinski definition) is 6. The van der Waals surface area contributed by atoms with Gasteiger partial charge in [-0.2, -0.15) is 0 Å². The number of nitrogens with one attached hydrogen (secondary N) is 1. The van der Waals surface area contributed by atoms with Crippen LogP contribution in [0.25, 0.3) is 0 Å². The summed E-state index contributed by atoms with van der Waals surface area (Å²) in [6.07, 6.45) is -0.283. The maximum Gasteiger partial charge on any atom is 0.494 e. The lowest BCUT2D eigenvalue weighted by atomic mass is 9.79. The highest BCUT2D eigenvalue weighted by molar-refractivity contribution is 6.62. The summed E-state index contributed by atoms with van der Waals surface area (Å²) in [7, 11) is -0.396. The molecule has 7 heteroatoms. The summed E-state index contributed by atoms with van der Waals surface area (Å²) >= 11 is 0. The molecular formula is C18H26BNO5. The Morgan fingerprint density at radius 3 is 2.40 bits per heavy atom. The third kappa shape index (κ3) is 4.23. The van der Waals surface area contributed by atoms with Gasteiger partial charge in [0, 0.05) is 6.54 Å². The van der Waals surface area contributed by atoms with Gasteiger partial charge in [-0.1, -0.05) is 24.3 Å².